The second-order valence-electron chi connectivity index (χ2n) is 13.7. The van der Waals surface area contributed by atoms with E-state index in [0.29, 0.717) is 5.78 Å². The van der Waals surface area contributed by atoms with Gasteiger partial charge in [0, 0.05) is 10.4 Å². The average Bonchev–Trinajstić information content (AvgIpc) is 3.71. The number of hydrogen-bond donors (Lipinski definition) is 0. The standard InChI is InChI=1S/C40H66OS2/c1-3-5-7-9-11-13-15-17-19-21-23-25-27-31-40(32-28-26-24-22-20-18-16-14-12-10-8-6-4-2)36-30-34-43-38(36)37-35(39(40)41)29-33-42-37/h29-30,33-34H,3-28,31-32H2,1-2H3. The van der Waals surface area contributed by atoms with Gasteiger partial charge in [-0.1, -0.05) is 181 Å². The summed E-state index contributed by atoms with van der Waals surface area (Å²) < 4.78 is 0. The summed E-state index contributed by atoms with van der Waals surface area (Å²) in [4.78, 5) is 16.8. The Morgan fingerprint density at radius 1 is 0.465 bits per heavy atom. The molecule has 1 aliphatic carbocycles. The molecule has 0 radical (unpaired) electrons. The Labute approximate surface area is 275 Å². The smallest absolute Gasteiger partial charge is 0.174 e. The predicted molar refractivity (Wildman–Crippen MR) is 194 cm³/mol. The molecule has 0 saturated carbocycles. The Morgan fingerprint density at radius 3 is 1.23 bits per heavy atom. The largest absolute Gasteiger partial charge is 0.293 e. The molecule has 0 fully saturated rings. The van der Waals surface area contributed by atoms with E-state index in [2.05, 4.69) is 36.7 Å². The summed E-state index contributed by atoms with van der Waals surface area (Å²) in [6.07, 6.45) is 37.9. The second kappa shape index (κ2) is 22.6. The molecular weight excluding hydrogens is 561 g/mol. The molecule has 0 N–H and O–H groups in total. The van der Waals surface area contributed by atoms with Crippen LogP contribution < -0.4 is 0 Å². The van der Waals surface area contributed by atoms with Crippen molar-refractivity contribution in [3.8, 4) is 9.75 Å². The lowest BCUT2D eigenvalue weighted by molar-refractivity contribution is 0.0855. The van der Waals surface area contributed by atoms with Gasteiger partial charge in [-0.2, -0.15) is 0 Å². The minimum atomic E-state index is -0.279. The van der Waals surface area contributed by atoms with Crippen LogP contribution in [0.3, 0.4) is 0 Å². The molecule has 1 nitrogen and oxygen atoms in total. The van der Waals surface area contributed by atoms with E-state index in [9.17, 15) is 4.79 Å². The molecule has 0 aromatic carbocycles. The van der Waals surface area contributed by atoms with Gasteiger partial charge in [0.25, 0.3) is 0 Å². The van der Waals surface area contributed by atoms with Crippen LogP contribution in [0.5, 0.6) is 0 Å². The molecule has 3 heteroatoms. The van der Waals surface area contributed by atoms with Gasteiger partial charge >= 0.3 is 0 Å². The molecule has 2 aromatic heterocycles. The summed E-state index contributed by atoms with van der Waals surface area (Å²) in [5.41, 5.74) is 2.11. The summed E-state index contributed by atoms with van der Waals surface area (Å²) >= 11 is 3.62. The lowest BCUT2D eigenvalue weighted by Gasteiger charge is -2.36. The topological polar surface area (TPSA) is 17.1 Å². The first-order valence-corrected chi connectivity index (χ1v) is 20.7. The molecule has 2 heterocycles. The minimum absolute atomic E-state index is 0.279. The van der Waals surface area contributed by atoms with Crippen LogP contribution in [0.25, 0.3) is 9.75 Å². The van der Waals surface area contributed by atoms with Gasteiger partial charge in [0.2, 0.25) is 0 Å². The van der Waals surface area contributed by atoms with Crippen molar-refractivity contribution in [2.24, 2.45) is 0 Å². The highest BCUT2D eigenvalue weighted by molar-refractivity contribution is 7.21. The lowest BCUT2D eigenvalue weighted by Crippen LogP contribution is -2.38. The lowest BCUT2D eigenvalue weighted by atomic mass is 9.65. The van der Waals surface area contributed by atoms with Gasteiger partial charge in [0.15, 0.2) is 5.78 Å². The molecule has 0 unspecified atom stereocenters. The number of carbonyl (C=O) groups excluding carboxylic acids is 1. The van der Waals surface area contributed by atoms with E-state index in [-0.39, 0.29) is 5.41 Å². The van der Waals surface area contributed by atoms with Gasteiger partial charge in [-0.25, -0.2) is 0 Å². The predicted octanol–water partition coefficient (Wildman–Crippen LogP) is 14.9. The highest BCUT2D eigenvalue weighted by Crippen LogP contribution is 2.52. The maximum atomic E-state index is 14.2. The Kier molecular flexibility index (Phi) is 19.2. The Balaban J connectivity index is 1.37. The molecule has 2 aromatic rings. The molecule has 0 bridgehead atoms. The molecule has 0 atom stereocenters. The summed E-state index contributed by atoms with van der Waals surface area (Å²) in [6, 6.07) is 4.43. The van der Waals surface area contributed by atoms with Crippen molar-refractivity contribution in [3.63, 3.8) is 0 Å². The van der Waals surface area contributed by atoms with Crippen LogP contribution in [0.2, 0.25) is 0 Å². The Hall–Kier alpha value is -0.930. The molecular formula is C40H66OS2. The normalized spacial score (nSPS) is 13.9. The Morgan fingerprint density at radius 2 is 0.814 bits per heavy atom. The first-order valence-electron chi connectivity index (χ1n) is 18.9. The fourth-order valence-electron chi connectivity index (χ4n) is 7.42. The maximum Gasteiger partial charge on any atom is 0.174 e. The number of hydrogen-bond acceptors (Lipinski definition) is 3. The van der Waals surface area contributed by atoms with Crippen molar-refractivity contribution < 1.29 is 4.79 Å². The van der Waals surface area contributed by atoms with Crippen LogP contribution in [0.15, 0.2) is 22.9 Å². The molecule has 3 rings (SSSR count). The van der Waals surface area contributed by atoms with Crippen molar-refractivity contribution in [2.75, 3.05) is 0 Å². The monoisotopic (exact) mass is 626 g/mol. The highest BCUT2D eigenvalue weighted by atomic mass is 32.1. The van der Waals surface area contributed by atoms with Crippen LogP contribution in [-0.4, -0.2) is 5.78 Å². The van der Waals surface area contributed by atoms with E-state index in [1.165, 1.54) is 182 Å². The average molecular weight is 627 g/mol. The third-order valence-electron chi connectivity index (χ3n) is 10.1. The van der Waals surface area contributed by atoms with Crippen molar-refractivity contribution >= 4 is 28.5 Å². The number of thiophene rings is 2. The number of fused-ring (bicyclic) bond motifs is 3. The second-order valence-corrected chi connectivity index (χ2v) is 15.6. The van der Waals surface area contributed by atoms with E-state index in [1.807, 2.05) is 11.3 Å². The molecule has 244 valence electrons. The number of rotatable bonds is 28. The number of ketones is 1. The quantitative estimate of drug-likeness (QED) is 0.0859. The zero-order valence-corrected chi connectivity index (χ0v) is 30.0. The van der Waals surface area contributed by atoms with Gasteiger partial charge in [-0.05, 0) is 41.3 Å². The summed E-state index contributed by atoms with van der Waals surface area (Å²) in [5.74, 6) is 0.438. The molecule has 0 amide bonds. The third-order valence-corrected chi connectivity index (χ3v) is 12.1. The van der Waals surface area contributed by atoms with Crippen molar-refractivity contribution in [3.05, 3.63) is 34.0 Å². The fourth-order valence-corrected chi connectivity index (χ4v) is 9.50. The number of carbonyl (C=O) groups is 1. The fraction of sp³-hybridized carbons (Fsp3) is 0.775. The molecule has 0 aliphatic heterocycles. The van der Waals surface area contributed by atoms with Gasteiger partial charge in [0.05, 0.1) is 10.3 Å². The maximum absolute atomic E-state index is 14.2. The zero-order chi connectivity index (χ0) is 30.4. The van der Waals surface area contributed by atoms with Crippen LogP contribution in [-0.2, 0) is 5.41 Å². The summed E-state index contributed by atoms with van der Waals surface area (Å²) in [6.45, 7) is 4.60. The SMILES string of the molecule is CCCCCCCCCCCCCCCC1(CCCCCCCCCCCCCCC)C(=O)c2ccsc2-c2sccc21. The van der Waals surface area contributed by atoms with Crippen LogP contribution in [0.1, 0.15) is 210 Å². The van der Waals surface area contributed by atoms with E-state index >= 15 is 0 Å². The molecule has 0 saturated heterocycles. The number of Topliss-reactive ketones (excluding diaryl/α,β-unsaturated/α-hetero) is 1. The van der Waals surface area contributed by atoms with Crippen LogP contribution in [0.4, 0.5) is 0 Å². The highest BCUT2D eigenvalue weighted by Gasteiger charge is 2.46. The Bertz CT molecular complexity index is 939. The van der Waals surface area contributed by atoms with Gasteiger partial charge in [0.1, 0.15) is 0 Å². The first kappa shape index (κ1) is 36.5. The molecule has 1 aliphatic rings. The van der Waals surface area contributed by atoms with E-state index in [4.69, 9.17) is 0 Å². The molecule has 43 heavy (non-hydrogen) atoms. The van der Waals surface area contributed by atoms with E-state index in [1.54, 1.807) is 11.3 Å². The van der Waals surface area contributed by atoms with Gasteiger partial charge in [-0.3, -0.25) is 4.79 Å². The summed E-state index contributed by atoms with van der Waals surface area (Å²) in [7, 11) is 0. The van der Waals surface area contributed by atoms with Crippen LogP contribution >= 0.6 is 22.7 Å². The van der Waals surface area contributed by atoms with Gasteiger partial charge in [-0.15, -0.1) is 22.7 Å². The minimum Gasteiger partial charge on any atom is -0.293 e. The van der Waals surface area contributed by atoms with Gasteiger partial charge < -0.3 is 0 Å². The first-order chi connectivity index (χ1) is 21.2. The third kappa shape index (κ3) is 12.4. The molecule has 0 spiro atoms. The summed E-state index contributed by atoms with van der Waals surface area (Å²) in [5, 5.41) is 4.38. The van der Waals surface area contributed by atoms with Crippen molar-refractivity contribution in [1.29, 1.82) is 0 Å². The van der Waals surface area contributed by atoms with Crippen molar-refractivity contribution in [1.82, 2.24) is 0 Å². The number of unbranched alkanes of at least 4 members (excludes halogenated alkanes) is 24. The van der Waals surface area contributed by atoms with Crippen molar-refractivity contribution in [2.45, 2.75) is 199 Å². The van der Waals surface area contributed by atoms with E-state index in [0.717, 1.165) is 18.4 Å². The van der Waals surface area contributed by atoms with E-state index < -0.39 is 0 Å². The van der Waals surface area contributed by atoms with Crippen LogP contribution in [0, 0.1) is 0 Å². The zero-order valence-electron chi connectivity index (χ0n) is 28.3.